The minimum absolute atomic E-state index is 0.0458. The first kappa shape index (κ1) is 15.8. The molecule has 1 aromatic rings. The molecule has 2 atom stereocenters. The Morgan fingerprint density at radius 3 is 2.76 bits per heavy atom. The molecule has 1 N–H and O–H groups in total. The Morgan fingerprint density at radius 2 is 2.10 bits per heavy atom. The van der Waals surface area contributed by atoms with Crippen molar-refractivity contribution in [1.29, 1.82) is 0 Å². The third-order valence-corrected chi connectivity index (χ3v) is 4.16. The highest BCUT2D eigenvalue weighted by atomic mass is 16.2. The molecule has 1 aliphatic heterocycles. The molecule has 0 spiro atoms. The van der Waals surface area contributed by atoms with Crippen molar-refractivity contribution in [3.8, 4) is 0 Å². The van der Waals surface area contributed by atoms with Crippen LogP contribution in [0, 0.1) is 5.92 Å². The Kier molecular flexibility index (Phi) is 5.23. The minimum atomic E-state index is 0.0458. The number of anilines is 1. The van der Waals surface area contributed by atoms with E-state index in [0.29, 0.717) is 0 Å². The number of hydrogen-bond acceptors (Lipinski definition) is 3. The Hall–Kier alpha value is -1.55. The molecule has 1 heterocycles. The van der Waals surface area contributed by atoms with Gasteiger partial charge in [-0.05, 0) is 46.0 Å². The normalized spacial score (nSPS) is 18.8. The van der Waals surface area contributed by atoms with Gasteiger partial charge in [0.1, 0.15) is 0 Å². The molecule has 116 valence electrons. The molecule has 4 nitrogen and oxygen atoms in total. The summed E-state index contributed by atoms with van der Waals surface area (Å²) in [5.74, 6) is 0.318. The number of rotatable bonds is 5. The Morgan fingerprint density at radius 1 is 1.38 bits per heavy atom. The van der Waals surface area contributed by atoms with Crippen LogP contribution < -0.4 is 5.32 Å². The summed E-state index contributed by atoms with van der Waals surface area (Å²) in [5.41, 5.74) is 2.42. The lowest BCUT2D eigenvalue weighted by molar-refractivity contribution is -0.137. The Labute approximate surface area is 128 Å². The number of carbonyl (C=O) groups is 1. The van der Waals surface area contributed by atoms with Crippen molar-refractivity contribution in [2.24, 2.45) is 5.92 Å². The second kappa shape index (κ2) is 6.94. The average Bonchev–Trinajstić information content (AvgIpc) is 2.46. The second-order valence-electron chi connectivity index (χ2n) is 6.17. The third kappa shape index (κ3) is 3.76. The second-order valence-corrected chi connectivity index (χ2v) is 6.17. The fourth-order valence-electron chi connectivity index (χ4n) is 3.16. The molecular formula is C17H27N3O. The molecule has 0 radical (unpaired) electrons. The van der Waals surface area contributed by atoms with Crippen LogP contribution in [0.25, 0.3) is 0 Å². The Balaban J connectivity index is 2.06. The van der Waals surface area contributed by atoms with E-state index in [1.165, 1.54) is 11.3 Å². The zero-order valence-corrected chi connectivity index (χ0v) is 13.6. The molecule has 4 heteroatoms. The van der Waals surface area contributed by atoms with Crippen LogP contribution in [-0.2, 0) is 11.2 Å². The number of hydrogen-bond donors (Lipinski definition) is 1. The van der Waals surface area contributed by atoms with Crippen LogP contribution in [0.2, 0.25) is 0 Å². The van der Waals surface area contributed by atoms with Gasteiger partial charge in [-0.25, -0.2) is 0 Å². The predicted octanol–water partition coefficient (Wildman–Crippen LogP) is 2.07. The van der Waals surface area contributed by atoms with Crippen LogP contribution in [0.1, 0.15) is 19.4 Å². The summed E-state index contributed by atoms with van der Waals surface area (Å²) in [6.45, 7) is 6.60. The molecule has 1 amide bonds. The molecule has 0 bridgehead atoms. The molecule has 0 saturated carbocycles. The lowest BCUT2D eigenvalue weighted by Gasteiger charge is -2.35. The monoisotopic (exact) mass is 289 g/mol. The van der Waals surface area contributed by atoms with Gasteiger partial charge in [-0.15, -0.1) is 0 Å². The summed E-state index contributed by atoms with van der Waals surface area (Å²) in [5, 5.41) is 3.39. The Bertz CT molecular complexity index is 487. The maximum absolute atomic E-state index is 12.8. The van der Waals surface area contributed by atoms with E-state index in [0.717, 1.165) is 26.1 Å². The maximum atomic E-state index is 12.8. The lowest BCUT2D eigenvalue weighted by Crippen LogP contribution is -2.48. The molecule has 1 aromatic carbocycles. The molecule has 0 fully saturated rings. The van der Waals surface area contributed by atoms with Gasteiger partial charge in [-0.2, -0.15) is 0 Å². The zero-order valence-electron chi connectivity index (χ0n) is 13.6. The first-order valence-electron chi connectivity index (χ1n) is 7.80. The summed E-state index contributed by atoms with van der Waals surface area (Å²) in [7, 11) is 4.10. The zero-order chi connectivity index (χ0) is 15.4. The molecule has 1 aliphatic rings. The number of fused-ring (bicyclic) bond motifs is 1. The summed E-state index contributed by atoms with van der Waals surface area (Å²) in [6, 6.07) is 8.52. The largest absolute Gasteiger partial charge is 0.384 e. The van der Waals surface area contributed by atoms with Crippen LogP contribution in [0.15, 0.2) is 24.3 Å². The van der Waals surface area contributed by atoms with E-state index in [2.05, 4.69) is 36.2 Å². The van der Waals surface area contributed by atoms with Gasteiger partial charge in [-0.1, -0.05) is 18.2 Å². The van der Waals surface area contributed by atoms with Gasteiger partial charge in [0.2, 0.25) is 5.91 Å². The summed E-state index contributed by atoms with van der Waals surface area (Å²) in [4.78, 5) is 17.0. The number of likely N-dealkylation sites (N-methyl/N-ethyl adjacent to an activating group) is 2. The van der Waals surface area contributed by atoms with Crippen LogP contribution in [0.5, 0.6) is 0 Å². The smallest absolute Gasteiger partial charge is 0.228 e. The quantitative estimate of drug-likeness (QED) is 0.901. The fourth-order valence-corrected chi connectivity index (χ4v) is 3.16. The standard InChI is InChI=1S/C17H27N3O/c1-5-20(13(2)12-19(3)4)17(21)15-10-14-8-6-7-9-16(14)18-11-15/h6-9,13,15,18H,5,10-12H2,1-4H3. The van der Waals surface area contributed by atoms with Gasteiger partial charge in [0.05, 0.1) is 5.92 Å². The first-order chi connectivity index (χ1) is 10.0. The van der Waals surface area contributed by atoms with Crippen LogP contribution in [0.4, 0.5) is 5.69 Å². The highest BCUT2D eigenvalue weighted by Crippen LogP contribution is 2.25. The number of benzene rings is 1. The van der Waals surface area contributed by atoms with Gasteiger partial charge < -0.3 is 15.1 Å². The summed E-state index contributed by atoms with van der Waals surface area (Å²) < 4.78 is 0. The molecule has 0 aromatic heterocycles. The van der Waals surface area contributed by atoms with Gasteiger partial charge in [0.15, 0.2) is 0 Å². The molecule has 0 saturated heterocycles. The maximum Gasteiger partial charge on any atom is 0.228 e. The predicted molar refractivity (Wildman–Crippen MR) is 87.5 cm³/mol. The van der Waals surface area contributed by atoms with Crippen molar-refractivity contribution >= 4 is 11.6 Å². The first-order valence-corrected chi connectivity index (χ1v) is 7.80. The molecule has 21 heavy (non-hydrogen) atoms. The highest BCUT2D eigenvalue weighted by Gasteiger charge is 2.29. The molecule has 2 rings (SSSR count). The van der Waals surface area contributed by atoms with E-state index in [9.17, 15) is 4.79 Å². The molecule has 0 aliphatic carbocycles. The van der Waals surface area contributed by atoms with E-state index in [4.69, 9.17) is 0 Å². The van der Waals surface area contributed by atoms with Gasteiger partial charge in [0.25, 0.3) is 0 Å². The van der Waals surface area contributed by atoms with E-state index in [-0.39, 0.29) is 17.9 Å². The number of carbonyl (C=O) groups excluding carboxylic acids is 1. The lowest BCUT2D eigenvalue weighted by atomic mass is 9.92. The van der Waals surface area contributed by atoms with Crippen molar-refractivity contribution in [2.75, 3.05) is 39.0 Å². The molecule has 2 unspecified atom stereocenters. The summed E-state index contributed by atoms with van der Waals surface area (Å²) in [6.07, 6.45) is 0.840. The molecular weight excluding hydrogens is 262 g/mol. The highest BCUT2D eigenvalue weighted by molar-refractivity contribution is 5.81. The van der Waals surface area contributed by atoms with Crippen molar-refractivity contribution in [3.05, 3.63) is 29.8 Å². The topological polar surface area (TPSA) is 35.6 Å². The van der Waals surface area contributed by atoms with Gasteiger partial charge >= 0.3 is 0 Å². The van der Waals surface area contributed by atoms with Crippen molar-refractivity contribution in [2.45, 2.75) is 26.3 Å². The van der Waals surface area contributed by atoms with Gasteiger partial charge in [0, 0.05) is 31.4 Å². The third-order valence-electron chi connectivity index (χ3n) is 4.16. The fraction of sp³-hybridized carbons (Fsp3) is 0.588. The van der Waals surface area contributed by atoms with Gasteiger partial charge in [-0.3, -0.25) is 4.79 Å². The van der Waals surface area contributed by atoms with Crippen molar-refractivity contribution in [3.63, 3.8) is 0 Å². The van der Waals surface area contributed by atoms with Crippen LogP contribution in [-0.4, -0.2) is 55.5 Å². The number of para-hydroxylation sites is 1. The minimum Gasteiger partial charge on any atom is -0.384 e. The number of nitrogens with zero attached hydrogens (tertiary/aromatic N) is 2. The van der Waals surface area contributed by atoms with E-state index >= 15 is 0 Å². The van der Waals surface area contributed by atoms with E-state index < -0.39 is 0 Å². The number of nitrogens with one attached hydrogen (secondary N) is 1. The SMILES string of the molecule is CCN(C(=O)C1CNc2ccccc2C1)C(C)CN(C)C. The van der Waals surface area contributed by atoms with Crippen LogP contribution in [0.3, 0.4) is 0 Å². The van der Waals surface area contributed by atoms with E-state index in [1.54, 1.807) is 0 Å². The van der Waals surface area contributed by atoms with Crippen molar-refractivity contribution in [1.82, 2.24) is 9.80 Å². The van der Waals surface area contributed by atoms with Crippen LogP contribution >= 0.6 is 0 Å². The summed E-state index contributed by atoms with van der Waals surface area (Å²) >= 11 is 0. The van der Waals surface area contributed by atoms with E-state index in [1.807, 2.05) is 31.1 Å². The number of amides is 1. The average molecular weight is 289 g/mol. The van der Waals surface area contributed by atoms with Crippen molar-refractivity contribution < 1.29 is 4.79 Å².